The number of nitrogens with zero attached hydrogens (tertiary/aromatic N) is 2. The van der Waals surface area contributed by atoms with Crippen LogP contribution in [0.15, 0.2) is 43.0 Å². The molecule has 0 saturated carbocycles. The molecule has 0 amide bonds. The maximum atomic E-state index is 10.9. The molecule has 0 bridgehead atoms. The molecule has 1 aromatic carbocycles. The van der Waals surface area contributed by atoms with Crippen LogP contribution in [0.2, 0.25) is 0 Å². The number of rotatable bonds is 5. The number of hydrogen-bond donors (Lipinski definition) is 0. The predicted octanol–water partition coefficient (Wildman–Crippen LogP) is 2.65. The van der Waals surface area contributed by atoms with E-state index in [1.807, 2.05) is 36.4 Å². The molecular weight excluding hydrogens is 228 g/mol. The van der Waals surface area contributed by atoms with Crippen molar-refractivity contribution in [3.05, 3.63) is 58.7 Å². The maximum Gasteiger partial charge on any atom is 0.223 e. The van der Waals surface area contributed by atoms with E-state index < -0.39 is 0 Å². The van der Waals surface area contributed by atoms with Gasteiger partial charge in [0.1, 0.15) is 6.04 Å². The molecule has 1 aromatic rings. The van der Waals surface area contributed by atoms with Crippen LogP contribution < -0.4 is 0 Å². The standard InChI is InChI=1S/C14H18N2O2/c1-3-14(2)9-10-15(14)13(11-16(17)18)12-7-5-4-6-8-12/h3-8,13H,1,9-11H2,2H3. The molecule has 1 aliphatic heterocycles. The molecule has 0 N–H and O–H groups in total. The van der Waals surface area contributed by atoms with Crippen LogP contribution in [0, 0.1) is 10.1 Å². The lowest BCUT2D eigenvalue weighted by atomic mass is 9.83. The number of likely N-dealkylation sites (tertiary alicyclic amines) is 1. The second-order valence-electron chi connectivity index (χ2n) is 4.95. The van der Waals surface area contributed by atoms with Gasteiger partial charge in [-0.05, 0) is 18.9 Å². The van der Waals surface area contributed by atoms with Crippen molar-refractivity contribution < 1.29 is 4.92 Å². The van der Waals surface area contributed by atoms with E-state index in [4.69, 9.17) is 0 Å². The van der Waals surface area contributed by atoms with E-state index >= 15 is 0 Å². The third-order valence-corrected chi connectivity index (χ3v) is 3.84. The van der Waals surface area contributed by atoms with Gasteiger partial charge in [-0.3, -0.25) is 15.0 Å². The summed E-state index contributed by atoms with van der Waals surface area (Å²) in [5, 5.41) is 10.9. The summed E-state index contributed by atoms with van der Waals surface area (Å²) in [6.45, 7) is 6.75. The SMILES string of the molecule is C=CC1(C)CCN1C(C[N+](=O)[O-])c1ccccc1. The Morgan fingerprint density at radius 1 is 1.56 bits per heavy atom. The Morgan fingerprint density at radius 2 is 2.22 bits per heavy atom. The Kier molecular flexibility index (Phi) is 3.48. The van der Waals surface area contributed by atoms with Gasteiger partial charge < -0.3 is 0 Å². The zero-order chi connectivity index (χ0) is 13.2. The Balaban J connectivity index is 2.26. The zero-order valence-electron chi connectivity index (χ0n) is 10.6. The molecular formula is C14H18N2O2. The maximum absolute atomic E-state index is 10.9. The first-order chi connectivity index (χ1) is 8.57. The molecule has 0 radical (unpaired) electrons. The van der Waals surface area contributed by atoms with Gasteiger partial charge >= 0.3 is 0 Å². The Labute approximate surface area is 107 Å². The van der Waals surface area contributed by atoms with Crippen molar-refractivity contribution in [2.45, 2.75) is 24.9 Å². The summed E-state index contributed by atoms with van der Waals surface area (Å²) < 4.78 is 0. The van der Waals surface area contributed by atoms with Gasteiger partial charge in [-0.25, -0.2) is 0 Å². The Hall–Kier alpha value is -1.68. The summed E-state index contributed by atoms with van der Waals surface area (Å²) in [6.07, 6.45) is 2.91. The van der Waals surface area contributed by atoms with Gasteiger partial charge in [0.2, 0.25) is 6.54 Å². The number of nitro groups is 1. The van der Waals surface area contributed by atoms with Crippen molar-refractivity contribution >= 4 is 0 Å². The first-order valence-electron chi connectivity index (χ1n) is 6.14. The van der Waals surface area contributed by atoms with Gasteiger partial charge in [0.25, 0.3) is 0 Å². The monoisotopic (exact) mass is 246 g/mol. The van der Waals surface area contributed by atoms with Crippen LogP contribution in [-0.2, 0) is 0 Å². The second kappa shape index (κ2) is 4.90. The lowest BCUT2D eigenvalue weighted by Crippen LogP contribution is -2.58. The first kappa shape index (κ1) is 12.8. The fourth-order valence-corrected chi connectivity index (χ4v) is 2.53. The fraction of sp³-hybridized carbons (Fsp3) is 0.429. The zero-order valence-corrected chi connectivity index (χ0v) is 10.6. The van der Waals surface area contributed by atoms with Crippen molar-refractivity contribution in [2.75, 3.05) is 13.1 Å². The molecule has 0 aromatic heterocycles. The predicted molar refractivity (Wildman–Crippen MR) is 71.0 cm³/mol. The van der Waals surface area contributed by atoms with Crippen molar-refractivity contribution in [3.63, 3.8) is 0 Å². The van der Waals surface area contributed by atoms with Crippen LogP contribution >= 0.6 is 0 Å². The van der Waals surface area contributed by atoms with Crippen molar-refractivity contribution in [2.24, 2.45) is 0 Å². The summed E-state index contributed by atoms with van der Waals surface area (Å²) in [7, 11) is 0. The molecule has 0 spiro atoms. The van der Waals surface area contributed by atoms with E-state index in [2.05, 4.69) is 18.4 Å². The topological polar surface area (TPSA) is 46.4 Å². The van der Waals surface area contributed by atoms with Gasteiger partial charge in [0.05, 0.1) is 0 Å². The molecule has 2 rings (SSSR count). The second-order valence-corrected chi connectivity index (χ2v) is 4.95. The van der Waals surface area contributed by atoms with Crippen LogP contribution in [-0.4, -0.2) is 28.5 Å². The molecule has 2 unspecified atom stereocenters. The van der Waals surface area contributed by atoms with Gasteiger partial charge in [0, 0.05) is 17.0 Å². The lowest BCUT2D eigenvalue weighted by Gasteiger charge is -2.52. The first-order valence-corrected chi connectivity index (χ1v) is 6.14. The van der Waals surface area contributed by atoms with E-state index in [0.29, 0.717) is 0 Å². The minimum Gasteiger partial charge on any atom is -0.281 e. The fourth-order valence-electron chi connectivity index (χ4n) is 2.53. The van der Waals surface area contributed by atoms with Gasteiger partial charge in [-0.1, -0.05) is 36.4 Å². The van der Waals surface area contributed by atoms with Gasteiger partial charge in [0.15, 0.2) is 0 Å². The largest absolute Gasteiger partial charge is 0.281 e. The highest BCUT2D eigenvalue weighted by molar-refractivity contribution is 5.22. The summed E-state index contributed by atoms with van der Waals surface area (Å²) in [5.41, 5.74) is 0.887. The molecule has 1 heterocycles. The quantitative estimate of drug-likeness (QED) is 0.456. The normalized spacial score (nSPS) is 25.2. The Bertz CT molecular complexity index is 446. The Morgan fingerprint density at radius 3 is 2.67 bits per heavy atom. The third-order valence-electron chi connectivity index (χ3n) is 3.84. The smallest absolute Gasteiger partial charge is 0.223 e. The molecule has 18 heavy (non-hydrogen) atoms. The van der Waals surface area contributed by atoms with Crippen LogP contribution in [0.3, 0.4) is 0 Å². The number of benzene rings is 1. The molecule has 1 aliphatic rings. The molecule has 0 aliphatic carbocycles. The molecule has 4 heteroatoms. The van der Waals surface area contributed by atoms with Gasteiger partial charge in [-0.15, -0.1) is 6.58 Å². The molecule has 1 fully saturated rings. The van der Waals surface area contributed by atoms with Crippen LogP contribution in [0.4, 0.5) is 0 Å². The lowest BCUT2D eigenvalue weighted by molar-refractivity contribution is -0.489. The van der Waals surface area contributed by atoms with E-state index in [9.17, 15) is 10.1 Å². The summed E-state index contributed by atoms with van der Waals surface area (Å²) in [6, 6.07) is 9.51. The molecule has 96 valence electrons. The highest BCUT2D eigenvalue weighted by Crippen LogP contribution is 2.39. The van der Waals surface area contributed by atoms with Crippen molar-refractivity contribution in [1.29, 1.82) is 0 Å². The third kappa shape index (κ3) is 2.29. The average molecular weight is 246 g/mol. The van der Waals surface area contributed by atoms with E-state index in [-0.39, 0.29) is 23.0 Å². The summed E-state index contributed by atoms with van der Waals surface area (Å²) in [5.74, 6) is 0. The molecule has 4 nitrogen and oxygen atoms in total. The van der Waals surface area contributed by atoms with Crippen LogP contribution in [0.25, 0.3) is 0 Å². The minimum atomic E-state index is -0.237. The van der Waals surface area contributed by atoms with E-state index in [0.717, 1.165) is 18.5 Å². The van der Waals surface area contributed by atoms with Crippen LogP contribution in [0.1, 0.15) is 24.9 Å². The van der Waals surface area contributed by atoms with Crippen molar-refractivity contribution in [3.8, 4) is 0 Å². The average Bonchev–Trinajstić information content (AvgIpc) is 2.36. The van der Waals surface area contributed by atoms with E-state index in [1.54, 1.807) is 0 Å². The molecule has 2 atom stereocenters. The highest BCUT2D eigenvalue weighted by atomic mass is 16.6. The van der Waals surface area contributed by atoms with Crippen molar-refractivity contribution in [1.82, 2.24) is 4.90 Å². The minimum absolute atomic E-state index is 0.0621. The number of hydrogen-bond acceptors (Lipinski definition) is 3. The molecule has 1 saturated heterocycles. The van der Waals surface area contributed by atoms with Gasteiger partial charge in [-0.2, -0.15) is 0 Å². The highest BCUT2D eigenvalue weighted by Gasteiger charge is 2.44. The summed E-state index contributed by atoms with van der Waals surface area (Å²) in [4.78, 5) is 12.8. The summed E-state index contributed by atoms with van der Waals surface area (Å²) >= 11 is 0. The van der Waals surface area contributed by atoms with Crippen LogP contribution in [0.5, 0.6) is 0 Å². The van der Waals surface area contributed by atoms with E-state index in [1.165, 1.54) is 0 Å².